The highest BCUT2D eigenvalue weighted by Gasteiger charge is 2.28. The van der Waals surface area contributed by atoms with Crippen molar-refractivity contribution in [3.63, 3.8) is 0 Å². The van der Waals surface area contributed by atoms with E-state index < -0.39 is 0 Å². The summed E-state index contributed by atoms with van der Waals surface area (Å²) < 4.78 is 18.4. The van der Waals surface area contributed by atoms with Crippen LogP contribution in [0.2, 0.25) is 0 Å². The standard InChI is InChI=1S/C18H23FN4O2/c1-20-10-2-5-16(24)23-11-3-4-14(12-23)18-21-17(22-25-18)13-6-8-15(19)9-7-13/h6-9,14,20H,2-5,10-12H2,1H3. The molecule has 1 aliphatic rings. The summed E-state index contributed by atoms with van der Waals surface area (Å²) in [5.74, 6) is 0.939. The summed E-state index contributed by atoms with van der Waals surface area (Å²) in [5.41, 5.74) is 0.715. The third-order valence-electron chi connectivity index (χ3n) is 4.48. The van der Waals surface area contributed by atoms with Crippen LogP contribution in [0.5, 0.6) is 0 Å². The predicted octanol–water partition coefficient (Wildman–Crippen LogP) is 2.58. The van der Waals surface area contributed by atoms with Gasteiger partial charge in [0.2, 0.25) is 17.6 Å². The summed E-state index contributed by atoms with van der Waals surface area (Å²) in [7, 11) is 1.88. The zero-order valence-corrected chi connectivity index (χ0v) is 14.4. The second kappa shape index (κ2) is 8.20. The highest BCUT2D eigenvalue weighted by atomic mass is 19.1. The van der Waals surface area contributed by atoms with E-state index in [-0.39, 0.29) is 17.6 Å². The van der Waals surface area contributed by atoms with Crippen molar-refractivity contribution in [1.82, 2.24) is 20.4 Å². The van der Waals surface area contributed by atoms with E-state index in [1.165, 1.54) is 12.1 Å². The van der Waals surface area contributed by atoms with Gasteiger partial charge in [0.25, 0.3) is 0 Å². The Morgan fingerprint density at radius 1 is 1.40 bits per heavy atom. The lowest BCUT2D eigenvalue weighted by molar-refractivity contribution is -0.132. The minimum Gasteiger partial charge on any atom is -0.342 e. The van der Waals surface area contributed by atoms with E-state index in [9.17, 15) is 9.18 Å². The number of nitrogens with zero attached hydrogens (tertiary/aromatic N) is 3. The van der Waals surface area contributed by atoms with Gasteiger partial charge in [0.05, 0.1) is 5.92 Å². The molecule has 0 saturated carbocycles. The fourth-order valence-corrected chi connectivity index (χ4v) is 3.10. The van der Waals surface area contributed by atoms with Gasteiger partial charge in [-0.3, -0.25) is 4.79 Å². The van der Waals surface area contributed by atoms with Crippen LogP contribution in [0.1, 0.15) is 37.5 Å². The van der Waals surface area contributed by atoms with Gasteiger partial charge in [-0.1, -0.05) is 5.16 Å². The van der Waals surface area contributed by atoms with E-state index in [1.54, 1.807) is 12.1 Å². The number of nitrogens with one attached hydrogen (secondary N) is 1. The Morgan fingerprint density at radius 3 is 2.96 bits per heavy atom. The molecule has 1 amide bonds. The number of benzene rings is 1. The SMILES string of the molecule is CNCCCC(=O)N1CCCC(c2nc(-c3ccc(F)cc3)no2)C1. The molecule has 2 heterocycles. The summed E-state index contributed by atoms with van der Waals surface area (Å²) >= 11 is 0. The van der Waals surface area contributed by atoms with Crippen LogP contribution in [-0.2, 0) is 4.79 Å². The lowest BCUT2D eigenvalue weighted by Crippen LogP contribution is -2.39. The summed E-state index contributed by atoms with van der Waals surface area (Å²) in [6.07, 6.45) is 3.24. The quantitative estimate of drug-likeness (QED) is 0.814. The van der Waals surface area contributed by atoms with E-state index in [2.05, 4.69) is 15.5 Å². The zero-order chi connectivity index (χ0) is 17.6. The molecule has 0 aliphatic carbocycles. The number of halogens is 1. The monoisotopic (exact) mass is 346 g/mol. The number of piperidine rings is 1. The highest BCUT2D eigenvalue weighted by Crippen LogP contribution is 2.28. The van der Waals surface area contributed by atoms with Gasteiger partial charge in [-0.05, 0) is 57.1 Å². The Bertz CT molecular complexity index is 701. The van der Waals surface area contributed by atoms with E-state index in [0.29, 0.717) is 30.2 Å². The van der Waals surface area contributed by atoms with Gasteiger partial charge in [0.1, 0.15) is 5.82 Å². The van der Waals surface area contributed by atoms with Crippen molar-refractivity contribution in [2.24, 2.45) is 0 Å². The molecule has 3 rings (SSSR count). The molecule has 6 nitrogen and oxygen atoms in total. The van der Waals surface area contributed by atoms with Crippen LogP contribution in [0.3, 0.4) is 0 Å². The number of carbonyl (C=O) groups is 1. The molecule has 1 unspecified atom stereocenters. The molecule has 0 spiro atoms. The topological polar surface area (TPSA) is 71.3 Å². The van der Waals surface area contributed by atoms with Crippen LogP contribution in [0.4, 0.5) is 4.39 Å². The molecule has 1 fully saturated rings. The third kappa shape index (κ3) is 4.42. The Balaban J connectivity index is 1.63. The van der Waals surface area contributed by atoms with Crippen molar-refractivity contribution >= 4 is 5.91 Å². The van der Waals surface area contributed by atoms with Gasteiger partial charge in [0.15, 0.2) is 0 Å². The molecule has 0 radical (unpaired) electrons. The van der Waals surface area contributed by atoms with Crippen LogP contribution in [0.25, 0.3) is 11.4 Å². The summed E-state index contributed by atoms with van der Waals surface area (Å²) in [4.78, 5) is 18.7. The zero-order valence-electron chi connectivity index (χ0n) is 14.4. The Kier molecular flexibility index (Phi) is 5.75. The maximum Gasteiger partial charge on any atom is 0.231 e. The van der Waals surface area contributed by atoms with Gasteiger partial charge in [-0.2, -0.15) is 4.98 Å². The fraction of sp³-hybridized carbons (Fsp3) is 0.500. The first-order valence-corrected chi connectivity index (χ1v) is 8.69. The molecule has 1 aliphatic heterocycles. The van der Waals surface area contributed by atoms with Gasteiger partial charge >= 0.3 is 0 Å². The molecule has 2 aromatic rings. The number of carbonyl (C=O) groups excluding carboxylic acids is 1. The van der Waals surface area contributed by atoms with Gasteiger partial charge in [-0.25, -0.2) is 4.39 Å². The van der Waals surface area contributed by atoms with Crippen molar-refractivity contribution in [3.05, 3.63) is 36.0 Å². The molecule has 25 heavy (non-hydrogen) atoms. The normalized spacial score (nSPS) is 17.7. The van der Waals surface area contributed by atoms with Crippen LogP contribution in [0.15, 0.2) is 28.8 Å². The van der Waals surface area contributed by atoms with Crippen LogP contribution >= 0.6 is 0 Å². The van der Waals surface area contributed by atoms with Gasteiger partial charge in [-0.15, -0.1) is 0 Å². The average Bonchev–Trinajstić information content (AvgIpc) is 3.13. The van der Waals surface area contributed by atoms with E-state index in [0.717, 1.165) is 32.4 Å². The molecule has 7 heteroatoms. The second-order valence-electron chi connectivity index (χ2n) is 6.35. The third-order valence-corrected chi connectivity index (χ3v) is 4.48. The lowest BCUT2D eigenvalue weighted by atomic mass is 9.97. The number of amides is 1. The summed E-state index contributed by atoms with van der Waals surface area (Å²) in [6, 6.07) is 6.00. The second-order valence-corrected chi connectivity index (χ2v) is 6.35. The molecule has 1 aromatic carbocycles. The van der Waals surface area contributed by atoms with Crippen LogP contribution in [-0.4, -0.2) is 47.6 Å². The Hall–Kier alpha value is -2.28. The van der Waals surface area contributed by atoms with Crippen molar-refractivity contribution in [1.29, 1.82) is 0 Å². The van der Waals surface area contributed by atoms with Gasteiger partial charge < -0.3 is 14.7 Å². The average molecular weight is 346 g/mol. The van der Waals surface area contributed by atoms with Crippen molar-refractivity contribution in [2.75, 3.05) is 26.7 Å². The number of aromatic nitrogens is 2. The molecule has 0 bridgehead atoms. The summed E-state index contributed by atoms with van der Waals surface area (Å²) in [6.45, 7) is 2.24. The largest absolute Gasteiger partial charge is 0.342 e. The minimum atomic E-state index is -0.299. The van der Waals surface area contributed by atoms with Crippen molar-refractivity contribution in [3.8, 4) is 11.4 Å². The maximum atomic E-state index is 13.0. The van der Waals surface area contributed by atoms with Crippen molar-refractivity contribution < 1.29 is 13.7 Å². The minimum absolute atomic E-state index is 0.0590. The van der Waals surface area contributed by atoms with Crippen LogP contribution in [0, 0.1) is 5.82 Å². The van der Waals surface area contributed by atoms with E-state index >= 15 is 0 Å². The molecular weight excluding hydrogens is 323 g/mol. The number of hydrogen-bond donors (Lipinski definition) is 1. The first-order chi connectivity index (χ1) is 12.2. The summed E-state index contributed by atoms with van der Waals surface area (Å²) in [5, 5.41) is 7.06. The molecule has 1 aromatic heterocycles. The Morgan fingerprint density at radius 2 is 2.20 bits per heavy atom. The van der Waals surface area contributed by atoms with E-state index in [4.69, 9.17) is 4.52 Å². The maximum absolute atomic E-state index is 13.0. The number of likely N-dealkylation sites (tertiary alicyclic amines) is 1. The first-order valence-electron chi connectivity index (χ1n) is 8.69. The predicted molar refractivity (Wildman–Crippen MR) is 91.4 cm³/mol. The smallest absolute Gasteiger partial charge is 0.231 e. The molecule has 134 valence electrons. The molecular formula is C18H23FN4O2. The number of rotatable bonds is 6. The van der Waals surface area contributed by atoms with E-state index in [1.807, 2.05) is 11.9 Å². The molecule has 1 atom stereocenters. The molecule has 1 N–H and O–H groups in total. The lowest BCUT2D eigenvalue weighted by Gasteiger charge is -2.31. The Labute approximate surface area is 146 Å². The molecule has 1 saturated heterocycles. The highest BCUT2D eigenvalue weighted by molar-refractivity contribution is 5.76. The number of hydrogen-bond acceptors (Lipinski definition) is 5. The fourth-order valence-electron chi connectivity index (χ4n) is 3.10. The van der Waals surface area contributed by atoms with Crippen LogP contribution < -0.4 is 5.32 Å². The van der Waals surface area contributed by atoms with Crippen molar-refractivity contribution in [2.45, 2.75) is 31.6 Å². The first kappa shape index (κ1) is 17.5. The van der Waals surface area contributed by atoms with Gasteiger partial charge in [0, 0.05) is 25.1 Å².